The van der Waals surface area contributed by atoms with Gasteiger partial charge in [0.1, 0.15) is 12.5 Å². The van der Waals surface area contributed by atoms with Gasteiger partial charge in [-0.25, -0.2) is 0 Å². The topological polar surface area (TPSA) is 71.8 Å². The first-order valence-electron chi connectivity index (χ1n) is 7.23. The summed E-state index contributed by atoms with van der Waals surface area (Å²) in [6, 6.07) is 0. The van der Waals surface area contributed by atoms with E-state index in [4.69, 9.17) is 15.2 Å². The van der Waals surface area contributed by atoms with Crippen LogP contribution in [0.5, 0.6) is 0 Å². The standard InChI is InChI=1S/C14H30N4O2/c1-6-7-14(4,15)20-9-8-13(2,3)12-10-18(11-19-5)17-16-12/h10,16-17H,6-9,11,15H2,1-5H3. The number of nitrogens with zero attached hydrogens (tertiary/aromatic N) is 1. The van der Waals surface area contributed by atoms with E-state index >= 15 is 0 Å². The van der Waals surface area contributed by atoms with Crippen molar-refractivity contribution in [2.75, 3.05) is 20.4 Å². The van der Waals surface area contributed by atoms with E-state index in [1.807, 2.05) is 18.1 Å². The lowest BCUT2D eigenvalue weighted by atomic mass is 9.86. The predicted molar refractivity (Wildman–Crippen MR) is 79.9 cm³/mol. The van der Waals surface area contributed by atoms with Crippen molar-refractivity contribution in [3.8, 4) is 0 Å². The number of methoxy groups -OCH3 is 1. The quantitative estimate of drug-likeness (QED) is 0.560. The van der Waals surface area contributed by atoms with Gasteiger partial charge in [0.15, 0.2) is 0 Å². The average Bonchev–Trinajstić information content (AvgIpc) is 2.78. The smallest absolute Gasteiger partial charge is 0.134 e. The maximum absolute atomic E-state index is 6.08. The molecule has 0 bridgehead atoms. The molecule has 0 aromatic heterocycles. The molecule has 0 aliphatic carbocycles. The van der Waals surface area contributed by atoms with Crippen molar-refractivity contribution in [2.24, 2.45) is 11.1 Å². The van der Waals surface area contributed by atoms with Gasteiger partial charge in [0, 0.05) is 25.3 Å². The molecule has 1 aliphatic heterocycles. The highest BCUT2D eigenvalue weighted by atomic mass is 16.5. The molecule has 0 aromatic rings. The summed E-state index contributed by atoms with van der Waals surface area (Å²) < 4.78 is 10.9. The van der Waals surface area contributed by atoms with Crippen LogP contribution in [0.4, 0.5) is 0 Å². The molecular weight excluding hydrogens is 256 g/mol. The number of nitrogens with one attached hydrogen (secondary N) is 2. The van der Waals surface area contributed by atoms with Gasteiger partial charge in [-0.2, -0.15) is 0 Å². The molecule has 1 unspecified atom stereocenters. The number of ether oxygens (including phenoxy) is 2. The van der Waals surface area contributed by atoms with E-state index in [2.05, 4.69) is 31.7 Å². The van der Waals surface area contributed by atoms with Crippen molar-refractivity contribution in [1.82, 2.24) is 16.0 Å². The molecule has 0 spiro atoms. The Balaban J connectivity index is 2.44. The van der Waals surface area contributed by atoms with E-state index in [1.165, 1.54) is 0 Å². The lowest BCUT2D eigenvalue weighted by Gasteiger charge is -2.29. The summed E-state index contributed by atoms with van der Waals surface area (Å²) in [5, 5.41) is 1.86. The van der Waals surface area contributed by atoms with Crippen molar-refractivity contribution >= 4 is 0 Å². The molecule has 1 rings (SSSR count). The fraction of sp³-hybridized carbons (Fsp3) is 0.857. The Hall–Kier alpha value is -0.820. The third-order valence-electron chi connectivity index (χ3n) is 3.52. The molecule has 0 saturated heterocycles. The molecule has 4 N–H and O–H groups in total. The number of hydrazine groups is 2. The number of allylic oxidation sites excluding steroid dienone is 1. The fourth-order valence-electron chi connectivity index (χ4n) is 2.15. The van der Waals surface area contributed by atoms with Crippen LogP contribution >= 0.6 is 0 Å². The predicted octanol–water partition coefficient (Wildman–Crippen LogP) is 1.66. The van der Waals surface area contributed by atoms with E-state index < -0.39 is 5.72 Å². The first-order chi connectivity index (χ1) is 9.30. The van der Waals surface area contributed by atoms with Gasteiger partial charge in [0.25, 0.3) is 0 Å². The first kappa shape index (κ1) is 17.2. The van der Waals surface area contributed by atoms with Gasteiger partial charge in [-0.05, 0) is 19.8 Å². The molecular formula is C14H30N4O2. The van der Waals surface area contributed by atoms with Gasteiger partial charge in [-0.15, -0.1) is 5.53 Å². The number of hydrogen-bond acceptors (Lipinski definition) is 6. The SMILES string of the molecule is CCCC(C)(N)OCCC(C)(C)C1=CN(COC)NN1. The van der Waals surface area contributed by atoms with E-state index in [-0.39, 0.29) is 5.41 Å². The van der Waals surface area contributed by atoms with Crippen molar-refractivity contribution in [3.63, 3.8) is 0 Å². The van der Waals surface area contributed by atoms with E-state index in [9.17, 15) is 0 Å². The molecule has 0 fully saturated rings. The van der Waals surface area contributed by atoms with Crippen molar-refractivity contribution in [1.29, 1.82) is 0 Å². The molecule has 0 radical (unpaired) electrons. The molecule has 1 aliphatic rings. The second kappa shape index (κ2) is 7.26. The van der Waals surface area contributed by atoms with Crippen LogP contribution in [0, 0.1) is 5.41 Å². The Labute approximate surface area is 122 Å². The van der Waals surface area contributed by atoms with E-state index in [1.54, 1.807) is 7.11 Å². The van der Waals surface area contributed by atoms with E-state index in [0.717, 1.165) is 25.0 Å². The summed E-state index contributed by atoms with van der Waals surface area (Å²) in [7, 11) is 1.67. The van der Waals surface area contributed by atoms with Crippen LogP contribution in [0.25, 0.3) is 0 Å². The van der Waals surface area contributed by atoms with Gasteiger partial charge in [-0.1, -0.05) is 27.2 Å². The Morgan fingerprint density at radius 2 is 2.00 bits per heavy atom. The fourth-order valence-corrected chi connectivity index (χ4v) is 2.15. The van der Waals surface area contributed by atoms with Crippen molar-refractivity contribution in [3.05, 3.63) is 11.9 Å². The maximum atomic E-state index is 6.08. The minimum absolute atomic E-state index is 0.0161. The molecule has 0 saturated carbocycles. The van der Waals surface area contributed by atoms with Gasteiger partial charge < -0.3 is 20.6 Å². The summed E-state index contributed by atoms with van der Waals surface area (Å²) in [5.41, 5.74) is 12.9. The summed E-state index contributed by atoms with van der Waals surface area (Å²) >= 11 is 0. The van der Waals surface area contributed by atoms with Crippen LogP contribution in [-0.2, 0) is 9.47 Å². The van der Waals surface area contributed by atoms with Crippen molar-refractivity contribution < 1.29 is 9.47 Å². The summed E-state index contributed by atoms with van der Waals surface area (Å²) in [4.78, 5) is 0. The first-order valence-corrected chi connectivity index (χ1v) is 7.23. The van der Waals surface area contributed by atoms with Gasteiger partial charge >= 0.3 is 0 Å². The Morgan fingerprint density at radius 1 is 1.30 bits per heavy atom. The Morgan fingerprint density at radius 3 is 2.60 bits per heavy atom. The zero-order valence-electron chi connectivity index (χ0n) is 13.5. The highest BCUT2D eigenvalue weighted by Crippen LogP contribution is 2.30. The minimum Gasteiger partial charge on any atom is -0.363 e. The van der Waals surface area contributed by atoms with Gasteiger partial charge in [0.2, 0.25) is 0 Å². The van der Waals surface area contributed by atoms with Crippen LogP contribution in [0.2, 0.25) is 0 Å². The minimum atomic E-state index is -0.525. The Kier molecular flexibility index (Phi) is 6.26. The molecule has 0 aromatic carbocycles. The Bertz CT molecular complexity index is 329. The van der Waals surface area contributed by atoms with Crippen LogP contribution < -0.4 is 16.7 Å². The van der Waals surface area contributed by atoms with E-state index in [0.29, 0.717) is 13.3 Å². The van der Waals surface area contributed by atoms with Crippen LogP contribution in [0.15, 0.2) is 11.9 Å². The third kappa shape index (κ3) is 5.28. The monoisotopic (exact) mass is 286 g/mol. The zero-order valence-corrected chi connectivity index (χ0v) is 13.5. The number of nitrogens with two attached hydrogens (primary N) is 1. The van der Waals surface area contributed by atoms with Crippen molar-refractivity contribution in [2.45, 2.75) is 52.7 Å². The molecule has 1 heterocycles. The van der Waals surface area contributed by atoms with Crippen LogP contribution in [0.1, 0.15) is 47.0 Å². The molecule has 0 amide bonds. The molecule has 20 heavy (non-hydrogen) atoms. The second-order valence-corrected chi connectivity index (χ2v) is 6.21. The maximum Gasteiger partial charge on any atom is 0.134 e. The average molecular weight is 286 g/mol. The molecule has 118 valence electrons. The summed E-state index contributed by atoms with van der Waals surface area (Å²) in [6.45, 7) is 9.56. The summed E-state index contributed by atoms with van der Waals surface area (Å²) in [6.07, 6.45) is 4.82. The zero-order chi connectivity index (χ0) is 15.2. The third-order valence-corrected chi connectivity index (χ3v) is 3.52. The summed E-state index contributed by atoms with van der Waals surface area (Å²) in [5.74, 6) is 0. The highest BCUT2D eigenvalue weighted by molar-refractivity contribution is 5.11. The number of rotatable bonds is 9. The lowest BCUT2D eigenvalue weighted by molar-refractivity contribution is -0.0417. The lowest BCUT2D eigenvalue weighted by Crippen LogP contribution is -2.41. The van der Waals surface area contributed by atoms with Crippen LogP contribution in [0.3, 0.4) is 0 Å². The molecule has 6 nitrogen and oxygen atoms in total. The highest BCUT2D eigenvalue weighted by Gasteiger charge is 2.28. The largest absolute Gasteiger partial charge is 0.363 e. The van der Waals surface area contributed by atoms with Gasteiger partial charge in [-0.3, -0.25) is 5.01 Å². The van der Waals surface area contributed by atoms with Gasteiger partial charge in [0.05, 0.1) is 5.70 Å². The number of hydrogen-bond donors (Lipinski definition) is 3. The second-order valence-electron chi connectivity index (χ2n) is 6.21. The van der Waals surface area contributed by atoms with Crippen LogP contribution in [-0.4, -0.2) is 31.2 Å². The normalized spacial score (nSPS) is 18.7. The molecule has 1 atom stereocenters. The molecule has 6 heteroatoms.